The van der Waals surface area contributed by atoms with Gasteiger partial charge >= 0.3 is 0 Å². The molecule has 0 bridgehead atoms. The Morgan fingerprint density at radius 1 is 1.50 bits per heavy atom. The number of rotatable bonds is 2. The third-order valence-electron chi connectivity index (χ3n) is 2.91. The Morgan fingerprint density at radius 3 is 3.11 bits per heavy atom. The minimum Gasteiger partial charge on any atom is -0.355 e. The topological polar surface area (TPSA) is 56.1 Å². The van der Waals surface area contributed by atoms with Crippen molar-refractivity contribution in [3.05, 3.63) is 35.1 Å². The van der Waals surface area contributed by atoms with Crippen LogP contribution in [0.15, 0.2) is 18.2 Å². The molecule has 1 fully saturated rings. The Labute approximate surface area is 105 Å². The van der Waals surface area contributed by atoms with Crippen molar-refractivity contribution in [3.8, 4) is 6.07 Å². The number of hydrogen-bond acceptors (Lipinski definition) is 3. The Bertz CT molecular complexity index is 495. The van der Waals surface area contributed by atoms with Crippen LogP contribution in [0, 0.1) is 17.1 Å². The summed E-state index contributed by atoms with van der Waals surface area (Å²) in [6, 6.07) is 6.28. The van der Waals surface area contributed by atoms with E-state index in [1.165, 1.54) is 18.2 Å². The summed E-state index contributed by atoms with van der Waals surface area (Å²) in [5.41, 5.74) is 0.898. The van der Waals surface area contributed by atoms with Crippen LogP contribution >= 0.6 is 0 Å². The summed E-state index contributed by atoms with van der Waals surface area (Å²) in [6.07, 6.45) is 0.852. The van der Waals surface area contributed by atoms with Crippen molar-refractivity contribution in [3.63, 3.8) is 0 Å². The third kappa shape index (κ3) is 3.05. The van der Waals surface area contributed by atoms with E-state index in [9.17, 15) is 9.18 Å². The molecular formula is C13H14FN3O. The standard InChI is InChI=1S/C13H14FN3O/c14-12-3-2-10(7-15)6-11(12)8-17-5-1-4-16-13(18)9-17/h2-3,6H,1,4-5,8-9H2,(H,16,18). The molecule has 0 saturated carbocycles. The average Bonchev–Trinajstić information content (AvgIpc) is 2.56. The summed E-state index contributed by atoms with van der Waals surface area (Å²) in [4.78, 5) is 13.3. The number of amides is 1. The van der Waals surface area contributed by atoms with Gasteiger partial charge in [0.25, 0.3) is 0 Å². The predicted molar refractivity (Wildman–Crippen MR) is 64.0 cm³/mol. The van der Waals surface area contributed by atoms with Crippen LogP contribution in [0.5, 0.6) is 0 Å². The van der Waals surface area contributed by atoms with Gasteiger partial charge in [-0.25, -0.2) is 4.39 Å². The second kappa shape index (κ2) is 5.61. The van der Waals surface area contributed by atoms with E-state index in [1.807, 2.05) is 11.0 Å². The molecule has 1 saturated heterocycles. The van der Waals surface area contributed by atoms with E-state index in [0.717, 1.165) is 13.0 Å². The molecule has 0 spiro atoms. The van der Waals surface area contributed by atoms with Crippen molar-refractivity contribution in [1.29, 1.82) is 5.26 Å². The number of carbonyl (C=O) groups excluding carboxylic acids is 1. The number of nitriles is 1. The average molecular weight is 247 g/mol. The van der Waals surface area contributed by atoms with E-state index in [1.54, 1.807) is 0 Å². The summed E-state index contributed by atoms with van der Waals surface area (Å²) in [5, 5.41) is 11.6. The fourth-order valence-electron chi connectivity index (χ4n) is 2.01. The first-order chi connectivity index (χ1) is 8.69. The Kier molecular flexibility index (Phi) is 3.90. The van der Waals surface area contributed by atoms with Crippen molar-refractivity contribution in [2.45, 2.75) is 13.0 Å². The molecule has 1 amide bonds. The second-order valence-electron chi connectivity index (χ2n) is 4.33. The lowest BCUT2D eigenvalue weighted by atomic mass is 10.1. The van der Waals surface area contributed by atoms with Crippen molar-refractivity contribution >= 4 is 5.91 Å². The number of benzene rings is 1. The van der Waals surface area contributed by atoms with Crippen molar-refractivity contribution < 1.29 is 9.18 Å². The van der Waals surface area contributed by atoms with Gasteiger partial charge in [-0.15, -0.1) is 0 Å². The fourth-order valence-corrected chi connectivity index (χ4v) is 2.01. The van der Waals surface area contributed by atoms with Crippen LogP contribution in [-0.4, -0.2) is 30.4 Å². The van der Waals surface area contributed by atoms with Gasteiger partial charge in [0, 0.05) is 25.2 Å². The largest absolute Gasteiger partial charge is 0.355 e. The third-order valence-corrected chi connectivity index (χ3v) is 2.91. The van der Waals surface area contributed by atoms with Gasteiger partial charge in [-0.3, -0.25) is 9.69 Å². The quantitative estimate of drug-likeness (QED) is 0.849. The maximum absolute atomic E-state index is 13.6. The zero-order valence-corrected chi connectivity index (χ0v) is 9.95. The Balaban J connectivity index is 2.12. The molecule has 4 nitrogen and oxygen atoms in total. The molecule has 1 aromatic rings. The van der Waals surface area contributed by atoms with E-state index in [2.05, 4.69) is 5.32 Å². The normalized spacial score (nSPS) is 16.8. The highest BCUT2D eigenvalue weighted by Gasteiger charge is 2.16. The van der Waals surface area contributed by atoms with Crippen LogP contribution in [0.4, 0.5) is 4.39 Å². The SMILES string of the molecule is N#Cc1ccc(F)c(CN2CCCNC(=O)C2)c1. The molecule has 18 heavy (non-hydrogen) atoms. The summed E-state index contributed by atoms with van der Waals surface area (Å²) in [7, 11) is 0. The minimum absolute atomic E-state index is 0.0376. The van der Waals surface area contributed by atoms with Gasteiger partial charge in [0.2, 0.25) is 5.91 Å². The molecule has 5 heteroatoms. The molecule has 94 valence electrons. The van der Waals surface area contributed by atoms with Crippen LogP contribution in [0.25, 0.3) is 0 Å². The summed E-state index contributed by atoms with van der Waals surface area (Å²) >= 11 is 0. The zero-order chi connectivity index (χ0) is 13.0. The van der Waals surface area contributed by atoms with Crippen LogP contribution in [0.3, 0.4) is 0 Å². The van der Waals surface area contributed by atoms with Crippen LogP contribution < -0.4 is 5.32 Å². The van der Waals surface area contributed by atoms with Crippen LogP contribution in [0.1, 0.15) is 17.5 Å². The molecule has 1 aromatic carbocycles. The number of nitrogens with zero attached hydrogens (tertiary/aromatic N) is 2. The number of nitrogens with one attached hydrogen (secondary N) is 1. The first-order valence-corrected chi connectivity index (χ1v) is 5.86. The molecule has 1 N–H and O–H groups in total. The maximum atomic E-state index is 13.6. The van der Waals surface area contributed by atoms with Gasteiger partial charge in [0.1, 0.15) is 5.82 Å². The highest BCUT2D eigenvalue weighted by Crippen LogP contribution is 2.13. The van der Waals surface area contributed by atoms with E-state index in [4.69, 9.17) is 5.26 Å². The first kappa shape index (κ1) is 12.5. The van der Waals surface area contributed by atoms with E-state index < -0.39 is 0 Å². The lowest BCUT2D eigenvalue weighted by Crippen LogP contribution is -2.32. The molecule has 0 unspecified atom stereocenters. The highest BCUT2D eigenvalue weighted by molar-refractivity contribution is 5.78. The molecule has 0 radical (unpaired) electrons. The van der Waals surface area contributed by atoms with Gasteiger partial charge in [0.15, 0.2) is 0 Å². The second-order valence-corrected chi connectivity index (χ2v) is 4.33. The highest BCUT2D eigenvalue weighted by atomic mass is 19.1. The van der Waals surface area contributed by atoms with Gasteiger partial charge in [-0.2, -0.15) is 5.26 Å². The van der Waals surface area contributed by atoms with E-state index in [0.29, 0.717) is 24.2 Å². The molecule has 1 aliphatic heterocycles. The molecular weight excluding hydrogens is 233 g/mol. The molecule has 0 aromatic heterocycles. The summed E-state index contributed by atoms with van der Waals surface area (Å²) in [5.74, 6) is -0.372. The molecule has 2 rings (SSSR count). The van der Waals surface area contributed by atoms with Gasteiger partial charge in [0.05, 0.1) is 18.2 Å². The zero-order valence-electron chi connectivity index (χ0n) is 9.95. The monoisotopic (exact) mass is 247 g/mol. The number of carbonyl (C=O) groups is 1. The maximum Gasteiger partial charge on any atom is 0.234 e. The lowest BCUT2D eigenvalue weighted by molar-refractivity contribution is -0.121. The fraction of sp³-hybridized carbons (Fsp3) is 0.385. The first-order valence-electron chi connectivity index (χ1n) is 5.86. The molecule has 1 heterocycles. The molecule has 0 atom stereocenters. The number of hydrogen-bond donors (Lipinski definition) is 1. The van der Waals surface area contributed by atoms with Crippen molar-refractivity contribution in [2.75, 3.05) is 19.6 Å². The van der Waals surface area contributed by atoms with Gasteiger partial charge < -0.3 is 5.32 Å². The Morgan fingerprint density at radius 2 is 2.33 bits per heavy atom. The van der Waals surface area contributed by atoms with Gasteiger partial charge in [-0.05, 0) is 24.6 Å². The lowest BCUT2D eigenvalue weighted by Gasteiger charge is -2.18. The van der Waals surface area contributed by atoms with Gasteiger partial charge in [-0.1, -0.05) is 0 Å². The summed E-state index contributed by atoms with van der Waals surface area (Å²) < 4.78 is 13.6. The van der Waals surface area contributed by atoms with Crippen molar-refractivity contribution in [1.82, 2.24) is 10.2 Å². The minimum atomic E-state index is -0.335. The Hall–Kier alpha value is -1.93. The smallest absolute Gasteiger partial charge is 0.234 e. The number of halogens is 1. The van der Waals surface area contributed by atoms with Crippen molar-refractivity contribution in [2.24, 2.45) is 0 Å². The van der Waals surface area contributed by atoms with E-state index in [-0.39, 0.29) is 18.3 Å². The predicted octanol–water partition coefficient (Wildman–Crippen LogP) is 1.02. The van der Waals surface area contributed by atoms with Crippen LogP contribution in [0.2, 0.25) is 0 Å². The van der Waals surface area contributed by atoms with E-state index >= 15 is 0 Å². The van der Waals surface area contributed by atoms with Crippen LogP contribution in [-0.2, 0) is 11.3 Å². The molecule has 0 aliphatic carbocycles. The molecule has 1 aliphatic rings. The summed E-state index contributed by atoms with van der Waals surface area (Å²) in [6.45, 7) is 2.04.